The number of hydrogen-bond donors (Lipinski definition) is 2. The van der Waals surface area contributed by atoms with Crippen LogP contribution in [0.3, 0.4) is 0 Å². The van der Waals surface area contributed by atoms with Crippen LogP contribution in [0.25, 0.3) is 0 Å². The Bertz CT molecular complexity index is 676. The third-order valence-corrected chi connectivity index (χ3v) is 3.95. The van der Waals surface area contributed by atoms with E-state index >= 15 is 0 Å². The van der Waals surface area contributed by atoms with Crippen molar-refractivity contribution in [2.24, 2.45) is 0 Å². The maximum Gasteiger partial charge on any atom is 0.313 e. The number of amides is 2. The lowest BCUT2D eigenvalue weighted by atomic mass is 10.1. The molecule has 0 spiro atoms. The number of nitrogens with one attached hydrogen (secondary N) is 2. The Kier molecular flexibility index (Phi) is 6.55. The number of para-hydroxylation sites is 1. The fraction of sp³-hybridized carbons (Fsp3) is 0.300. The Morgan fingerprint density at radius 3 is 2.17 bits per heavy atom. The van der Waals surface area contributed by atoms with Gasteiger partial charge in [0.05, 0.1) is 0 Å². The van der Waals surface area contributed by atoms with Crippen LogP contribution in [0.1, 0.15) is 29.5 Å². The summed E-state index contributed by atoms with van der Waals surface area (Å²) in [5.41, 5.74) is 3.89. The SMILES string of the molecule is Cc1cccc(C)c1NC(=O)C(=O)NCCCCc1ccccc1. The lowest BCUT2D eigenvalue weighted by molar-refractivity contribution is -0.136. The van der Waals surface area contributed by atoms with E-state index in [0.29, 0.717) is 12.2 Å². The molecule has 126 valence electrons. The molecule has 2 amide bonds. The van der Waals surface area contributed by atoms with E-state index in [9.17, 15) is 9.59 Å². The summed E-state index contributed by atoms with van der Waals surface area (Å²) in [7, 11) is 0. The zero-order valence-corrected chi connectivity index (χ0v) is 14.3. The van der Waals surface area contributed by atoms with Crippen LogP contribution in [-0.4, -0.2) is 18.4 Å². The molecule has 0 aromatic heterocycles. The maximum atomic E-state index is 12.0. The minimum Gasteiger partial charge on any atom is -0.348 e. The van der Waals surface area contributed by atoms with E-state index in [1.165, 1.54) is 5.56 Å². The van der Waals surface area contributed by atoms with Gasteiger partial charge in [-0.05, 0) is 49.8 Å². The van der Waals surface area contributed by atoms with E-state index in [-0.39, 0.29) is 0 Å². The predicted octanol–water partition coefficient (Wildman–Crippen LogP) is 3.38. The average molecular weight is 324 g/mol. The second-order valence-electron chi connectivity index (χ2n) is 5.92. The summed E-state index contributed by atoms with van der Waals surface area (Å²) < 4.78 is 0. The van der Waals surface area contributed by atoms with E-state index in [1.807, 2.05) is 50.2 Å². The number of aryl methyl sites for hydroxylation is 3. The van der Waals surface area contributed by atoms with Crippen molar-refractivity contribution in [1.29, 1.82) is 0 Å². The first-order valence-electron chi connectivity index (χ1n) is 8.27. The molecule has 0 unspecified atom stereocenters. The zero-order chi connectivity index (χ0) is 17.4. The van der Waals surface area contributed by atoms with E-state index in [1.54, 1.807) is 0 Å². The first-order chi connectivity index (χ1) is 11.6. The predicted molar refractivity (Wildman–Crippen MR) is 96.9 cm³/mol. The van der Waals surface area contributed by atoms with Crippen molar-refractivity contribution in [3.63, 3.8) is 0 Å². The minimum atomic E-state index is -0.615. The number of hydrogen-bond acceptors (Lipinski definition) is 2. The molecule has 0 atom stereocenters. The highest BCUT2D eigenvalue weighted by molar-refractivity contribution is 6.39. The quantitative estimate of drug-likeness (QED) is 0.632. The van der Waals surface area contributed by atoms with Gasteiger partial charge in [0, 0.05) is 12.2 Å². The summed E-state index contributed by atoms with van der Waals surface area (Å²) in [4.78, 5) is 23.9. The molecule has 4 nitrogen and oxygen atoms in total. The standard InChI is InChI=1S/C20H24N2O2/c1-15-9-8-10-16(2)18(15)22-20(24)19(23)21-14-7-6-13-17-11-4-3-5-12-17/h3-5,8-12H,6-7,13-14H2,1-2H3,(H,21,23)(H,22,24). The number of rotatable bonds is 6. The molecule has 0 saturated heterocycles. The molecule has 2 rings (SSSR count). The van der Waals surface area contributed by atoms with Gasteiger partial charge in [-0.25, -0.2) is 0 Å². The van der Waals surface area contributed by atoms with Gasteiger partial charge in [-0.15, -0.1) is 0 Å². The number of carbonyl (C=O) groups excluding carboxylic acids is 2. The summed E-state index contributed by atoms with van der Waals surface area (Å²) in [6, 6.07) is 16.0. The van der Waals surface area contributed by atoms with Gasteiger partial charge in [-0.3, -0.25) is 9.59 Å². The topological polar surface area (TPSA) is 58.2 Å². The fourth-order valence-corrected chi connectivity index (χ4v) is 2.56. The molecule has 2 N–H and O–H groups in total. The highest BCUT2D eigenvalue weighted by Gasteiger charge is 2.14. The van der Waals surface area contributed by atoms with E-state index in [4.69, 9.17) is 0 Å². The van der Waals surface area contributed by atoms with Crippen molar-refractivity contribution in [3.05, 3.63) is 65.2 Å². The second-order valence-corrected chi connectivity index (χ2v) is 5.92. The number of anilines is 1. The van der Waals surface area contributed by atoms with Gasteiger partial charge < -0.3 is 10.6 Å². The molecular weight excluding hydrogens is 300 g/mol. The van der Waals surface area contributed by atoms with Crippen LogP contribution >= 0.6 is 0 Å². The second kappa shape index (κ2) is 8.87. The molecule has 0 aliphatic heterocycles. The molecule has 0 aliphatic carbocycles. The largest absolute Gasteiger partial charge is 0.348 e. The van der Waals surface area contributed by atoms with Crippen LogP contribution in [0.5, 0.6) is 0 Å². The van der Waals surface area contributed by atoms with Crippen molar-refractivity contribution < 1.29 is 9.59 Å². The van der Waals surface area contributed by atoms with E-state index < -0.39 is 11.8 Å². The first-order valence-corrected chi connectivity index (χ1v) is 8.27. The van der Waals surface area contributed by atoms with Crippen LogP contribution < -0.4 is 10.6 Å². The summed E-state index contributed by atoms with van der Waals surface area (Å²) in [5, 5.41) is 5.37. The fourth-order valence-electron chi connectivity index (χ4n) is 2.56. The van der Waals surface area contributed by atoms with Gasteiger partial charge in [-0.1, -0.05) is 48.5 Å². The lowest BCUT2D eigenvalue weighted by Crippen LogP contribution is -2.36. The molecule has 0 aliphatic rings. The normalized spacial score (nSPS) is 10.2. The highest BCUT2D eigenvalue weighted by Crippen LogP contribution is 2.19. The van der Waals surface area contributed by atoms with Gasteiger partial charge in [-0.2, -0.15) is 0 Å². The molecule has 0 fully saturated rings. The highest BCUT2D eigenvalue weighted by atomic mass is 16.2. The van der Waals surface area contributed by atoms with E-state index in [0.717, 1.165) is 30.4 Å². The Balaban J connectivity index is 1.71. The van der Waals surface area contributed by atoms with Crippen LogP contribution in [0, 0.1) is 13.8 Å². The van der Waals surface area contributed by atoms with Crippen LogP contribution in [-0.2, 0) is 16.0 Å². The van der Waals surface area contributed by atoms with Crippen molar-refractivity contribution in [1.82, 2.24) is 5.32 Å². The van der Waals surface area contributed by atoms with Gasteiger partial charge in [0.2, 0.25) is 0 Å². The molecular formula is C20H24N2O2. The summed E-state index contributed by atoms with van der Waals surface area (Å²) in [6.45, 7) is 4.32. The average Bonchev–Trinajstić information content (AvgIpc) is 2.58. The van der Waals surface area contributed by atoms with Gasteiger partial charge in [0.15, 0.2) is 0 Å². The first kappa shape index (κ1) is 17.7. The maximum absolute atomic E-state index is 12.0. The summed E-state index contributed by atoms with van der Waals surface area (Å²) in [6.07, 6.45) is 2.80. The molecule has 0 radical (unpaired) electrons. The number of unbranched alkanes of at least 4 members (excludes halogenated alkanes) is 1. The lowest BCUT2D eigenvalue weighted by Gasteiger charge is -2.11. The van der Waals surface area contributed by atoms with Crippen molar-refractivity contribution in [2.75, 3.05) is 11.9 Å². The third-order valence-electron chi connectivity index (χ3n) is 3.95. The smallest absolute Gasteiger partial charge is 0.313 e. The monoisotopic (exact) mass is 324 g/mol. The van der Waals surface area contributed by atoms with Crippen LogP contribution in [0.2, 0.25) is 0 Å². The molecule has 4 heteroatoms. The molecule has 0 saturated carbocycles. The Morgan fingerprint density at radius 2 is 1.50 bits per heavy atom. The Hall–Kier alpha value is -2.62. The van der Waals surface area contributed by atoms with Gasteiger partial charge in [0.25, 0.3) is 0 Å². The van der Waals surface area contributed by atoms with Crippen molar-refractivity contribution in [3.8, 4) is 0 Å². The van der Waals surface area contributed by atoms with E-state index in [2.05, 4.69) is 22.8 Å². The van der Waals surface area contributed by atoms with Crippen molar-refractivity contribution >= 4 is 17.5 Å². The van der Waals surface area contributed by atoms with Gasteiger partial charge >= 0.3 is 11.8 Å². The molecule has 24 heavy (non-hydrogen) atoms. The Morgan fingerprint density at radius 1 is 0.833 bits per heavy atom. The minimum absolute atomic E-state index is 0.506. The zero-order valence-electron chi connectivity index (χ0n) is 14.3. The molecule has 2 aromatic carbocycles. The number of benzene rings is 2. The third kappa shape index (κ3) is 5.23. The number of carbonyl (C=O) groups is 2. The van der Waals surface area contributed by atoms with Crippen molar-refractivity contribution in [2.45, 2.75) is 33.1 Å². The molecule has 0 bridgehead atoms. The van der Waals surface area contributed by atoms with Crippen LogP contribution in [0.15, 0.2) is 48.5 Å². The molecule has 2 aromatic rings. The summed E-state index contributed by atoms with van der Waals surface area (Å²) >= 11 is 0. The van der Waals surface area contributed by atoms with Gasteiger partial charge in [0.1, 0.15) is 0 Å². The Labute approximate surface area is 143 Å². The van der Waals surface area contributed by atoms with Crippen LogP contribution in [0.4, 0.5) is 5.69 Å². The summed E-state index contributed by atoms with van der Waals surface area (Å²) in [5.74, 6) is -1.20. The molecule has 0 heterocycles.